The number of phenols is 1. The number of halogens is 4. The number of nitrogens with zero attached hydrogens (tertiary/aromatic N) is 3. The quantitative estimate of drug-likeness (QED) is 0.426. The Morgan fingerprint density at radius 1 is 1.07 bits per heavy atom. The fraction of sp³-hybridized carbons (Fsp3) is 0.0526. The van der Waals surface area contributed by atoms with Crippen molar-refractivity contribution in [1.29, 1.82) is 0 Å². The third-order valence-electron chi connectivity index (χ3n) is 4.05. The van der Waals surface area contributed by atoms with Crippen molar-refractivity contribution in [3.05, 3.63) is 71.1 Å². The van der Waals surface area contributed by atoms with Crippen molar-refractivity contribution in [3.63, 3.8) is 0 Å². The molecule has 2 aromatic carbocycles. The summed E-state index contributed by atoms with van der Waals surface area (Å²) in [6, 6.07) is 11.4. The Hall–Kier alpha value is -3.07. The van der Waals surface area contributed by atoms with Gasteiger partial charge in [0, 0.05) is 17.4 Å². The van der Waals surface area contributed by atoms with Gasteiger partial charge in [-0.3, -0.25) is 4.40 Å². The van der Waals surface area contributed by atoms with Gasteiger partial charge in [0.05, 0.1) is 11.8 Å². The van der Waals surface area contributed by atoms with Gasteiger partial charge in [-0.1, -0.05) is 18.2 Å². The molecule has 4 rings (SSSR count). The minimum Gasteiger partial charge on any atom is -0.508 e. The van der Waals surface area contributed by atoms with Crippen molar-refractivity contribution in [2.75, 3.05) is 5.32 Å². The van der Waals surface area contributed by atoms with E-state index in [-0.39, 0.29) is 11.4 Å². The van der Waals surface area contributed by atoms with Gasteiger partial charge in [-0.25, -0.2) is 9.97 Å². The molecule has 0 saturated heterocycles. The summed E-state index contributed by atoms with van der Waals surface area (Å²) in [5, 5.41) is 12.8. The van der Waals surface area contributed by atoms with E-state index >= 15 is 0 Å². The summed E-state index contributed by atoms with van der Waals surface area (Å²) in [6.45, 7) is 0. The van der Waals surface area contributed by atoms with Crippen molar-refractivity contribution in [1.82, 2.24) is 14.4 Å². The van der Waals surface area contributed by atoms with Crippen LogP contribution in [0.4, 0.5) is 24.7 Å². The number of hydrogen-bond donors (Lipinski definition) is 2. The molecule has 0 fully saturated rings. The maximum absolute atomic E-state index is 13.1. The van der Waals surface area contributed by atoms with Crippen LogP contribution in [-0.2, 0) is 6.18 Å². The van der Waals surface area contributed by atoms with E-state index in [4.69, 9.17) is 0 Å². The van der Waals surface area contributed by atoms with Gasteiger partial charge in [0.25, 0.3) is 0 Å². The van der Waals surface area contributed by atoms with Crippen LogP contribution in [0.3, 0.4) is 0 Å². The first-order valence-electron chi connectivity index (χ1n) is 8.08. The zero-order valence-electron chi connectivity index (χ0n) is 14.1. The Bertz CT molecular complexity index is 1170. The number of anilines is 2. The first-order chi connectivity index (χ1) is 13.3. The van der Waals surface area contributed by atoms with E-state index in [0.29, 0.717) is 27.3 Å². The van der Waals surface area contributed by atoms with Crippen LogP contribution in [0.25, 0.3) is 16.9 Å². The third-order valence-corrected chi connectivity index (χ3v) is 4.46. The molecule has 0 unspecified atom stereocenters. The van der Waals surface area contributed by atoms with Crippen LogP contribution in [-0.4, -0.2) is 19.5 Å². The van der Waals surface area contributed by atoms with Gasteiger partial charge in [0.1, 0.15) is 21.9 Å². The summed E-state index contributed by atoms with van der Waals surface area (Å²) < 4.78 is 41.4. The van der Waals surface area contributed by atoms with E-state index in [1.807, 2.05) is 0 Å². The van der Waals surface area contributed by atoms with Crippen LogP contribution in [0.5, 0.6) is 5.75 Å². The molecule has 0 spiro atoms. The summed E-state index contributed by atoms with van der Waals surface area (Å²) in [7, 11) is 0. The van der Waals surface area contributed by atoms with Crippen molar-refractivity contribution >= 4 is 33.1 Å². The van der Waals surface area contributed by atoms with Gasteiger partial charge < -0.3 is 10.4 Å². The Morgan fingerprint density at radius 3 is 2.61 bits per heavy atom. The van der Waals surface area contributed by atoms with Crippen molar-refractivity contribution in [2.24, 2.45) is 0 Å². The molecular weight excluding hydrogens is 437 g/mol. The van der Waals surface area contributed by atoms with Crippen LogP contribution < -0.4 is 5.32 Å². The summed E-state index contributed by atoms with van der Waals surface area (Å²) >= 11 is 3.29. The first kappa shape index (κ1) is 18.3. The number of nitrogens with one attached hydrogen (secondary N) is 1. The number of aromatic hydroxyl groups is 1. The van der Waals surface area contributed by atoms with E-state index < -0.39 is 11.7 Å². The van der Waals surface area contributed by atoms with Gasteiger partial charge in [0.15, 0.2) is 5.65 Å². The van der Waals surface area contributed by atoms with E-state index in [1.165, 1.54) is 30.5 Å². The molecule has 28 heavy (non-hydrogen) atoms. The first-order valence-corrected chi connectivity index (χ1v) is 8.88. The highest BCUT2D eigenvalue weighted by Crippen LogP contribution is 2.35. The zero-order valence-corrected chi connectivity index (χ0v) is 15.7. The molecule has 5 nitrogen and oxygen atoms in total. The minimum absolute atomic E-state index is 0.0545. The lowest BCUT2D eigenvalue weighted by molar-refractivity contribution is -0.137. The second-order valence-electron chi connectivity index (χ2n) is 6.00. The summed E-state index contributed by atoms with van der Waals surface area (Å²) in [5.74, 6) is 0.502. The third kappa shape index (κ3) is 3.53. The van der Waals surface area contributed by atoms with Crippen molar-refractivity contribution < 1.29 is 18.3 Å². The fourth-order valence-corrected chi connectivity index (χ4v) is 3.12. The molecule has 2 aromatic heterocycles. The van der Waals surface area contributed by atoms with Crippen molar-refractivity contribution in [2.45, 2.75) is 6.18 Å². The molecule has 0 aliphatic carbocycles. The number of hydrogen-bond acceptors (Lipinski definition) is 4. The van der Waals surface area contributed by atoms with Gasteiger partial charge in [-0.15, -0.1) is 0 Å². The highest BCUT2D eigenvalue weighted by molar-refractivity contribution is 9.10. The van der Waals surface area contributed by atoms with Gasteiger partial charge in [-0.2, -0.15) is 13.2 Å². The molecule has 0 amide bonds. The zero-order chi connectivity index (χ0) is 19.9. The second-order valence-corrected chi connectivity index (χ2v) is 6.81. The number of rotatable bonds is 3. The molecule has 4 aromatic rings. The van der Waals surface area contributed by atoms with Gasteiger partial charge in [-0.05, 0) is 46.3 Å². The average molecular weight is 449 g/mol. The van der Waals surface area contributed by atoms with Gasteiger partial charge >= 0.3 is 6.18 Å². The van der Waals surface area contributed by atoms with Crippen LogP contribution in [0.1, 0.15) is 5.56 Å². The number of alkyl halides is 3. The van der Waals surface area contributed by atoms with Crippen LogP contribution in [0.15, 0.2) is 65.5 Å². The molecule has 0 aliphatic heterocycles. The SMILES string of the molecule is Oc1cccc(-c2nc3cnc(Br)cn3c2Nc2cccc(C(F)(F)F)c2)c1. The normalized spacial score (nSPS) is 11.7. The summed E-state index contributed by atoms with van der Waals surface area (Å²) in [6.07, 6.45) is -1.25. The number of aromatic nitrogens is 3. The maximum Gasteiger partial charge on any atom is 0.416 e. The Kier molecular flexibility index (Phi) is 4.46. The summed E-state index contributed by atoms with van der Waals surface area (Å²) in [4.78, 5) is 8.65. The monoisotopic (exact) mass is 448 g/mol. The highest BCUT2D eigenvalue weighted by Gasteiger charge is 2.30. The van der Waals surface area contributed by atoms with Gasteiger partial charge in [0.2, 0.25) is 0 Å². The molecule has 9 heteroatoms. The molecule has 142 valence electrons. The van der Waals surface area contributed by atoms with E-state index in [1.54, 1.807) is 22.7 Å². The molecule has 0 atom stereocenters. The van der Waals surface area contributed by atoms with Crippen LogP contribution in [0.2, 0.25) is 0 Å². The Labute approximate surface area is 165 Å². The van der Waals surface area contributed by atoms with E-state index in [9.17, 15) is 18.3 Å². The minimum atomic E-state index is -4.45. The Balaban J connectivity index is 1.88. The molecule has 2 heterocycles. The maximum atomic E-state index is 13.1. The molecular formula is C19H12BrF3N4O. The molecule has 0 radical (unpaired) electrons. The van der Waals surface area contributed by atoms with Crippen molar-refractivity contribution in [3.8, 4) is 17.0 Å². The lowest BCUT2D eigenvalue weighted by Gasteiger charge is -2.12. The standard InChI is InChI=1S/C19H12BrF3N4O/c20-15-10-27-16(9-24-15)26-17(11-3-1-6-14(28)7-11)18(27)25-13-5-2-4-12(8-13)19(21,22)23/h1-10,25,28H. The molecule has 0 bridgehead atoms. The van der Waals surface area contributed by atoms with Crippen LogP contribution >= 0.6 is 15.9 Å². The smallest absolute Gasteiger partial charge is 0.416 e. The lowest BCUT2D eigenvalue weighted by atomic mass is 10.1. The predicted octanol–water partition coefficient (Wildman–Crippen LogP) is 5.63. The molecule has 0 saturated carbocycles. The molecule has 2 N–H and O–H groups in total. The average Bonchev–Trinajstić information content (AvgIpc) is 2.99. The largest absolute Gasteiger partial charge is 0.508 e. The fourth-order valence-electron chi connectivity index (χ4n) is 2.81. The summed E-state index contributed by atoms with van der Waals surface area (Å²) in [5.41, 5.74) is 1.07. The number of fused-ring (bicyclic) bond motifs is 1. The topological polar surface area (TPSA) is 62.5 Å². The highest BCUT2D eigenvalue weighted by atomic mass is 79.9. The Morgan fingerprint density at radius 2 is 1.86 bits per heavy atom. The van der Waals surface area contributed by atoms with E-state index in [0.717, 1.165) is 12.1 Å². The number of imidazole rings is 1. The van der Waals surface area contributed by atoms with E-state index in [2.05, 4.69) is 31.2 Å². The number of benzene rings is 2. The lowest BCUT2D eigenvalue weighted by Crippen LogP contribution is -2.05. The second kappa shape index (κ2) is 6.83. The molecule has 0 aliphatic rings. The predicted molar refractivity (Wildman–Crippen MR) is 103 cm³/mol. The van der Waals surface area contributed by atoms with Crippen LogP contribution in [0, 0.1) is 0 Å². The number of phenolic OH excluding ortho intramolecular Hbond substituents is 1.